The maximum Gasteiger partial charge on any atom is 0.310 e. The number of nitrogens with zero attached hydrogens (tertiary/aromatic N) is 1. The molecular formula is C21H29NO3S. The van der Waals surface area contributed by atoms with Gasteiger partial charge in [-0.2, -0.15) is 0 Å². The van der Waals surface area contributed by atoms with Crippen LogP contribution in [-0.2, 0) is 22.0 Å². The molecule has 0 aliphatic carbocycles. The summed E-state index contributed by atoms with van der Waals surface area (Å²) in [6.45, 7) is 15.7. The van der Waals surface area contributed by atoms with Gasteiger partial charge in [-0.05, 0) is 29.9 Å². The van der Waals surface area contributed by atoms with Gasteiger partial charge >= 0.3 is 5.97 Å². The lowest BCUT2D eigenvalue weighted by Crippen LogP contribution is -2.20. The first-order valence-corrected chi connectivity index (χ1v) is 9.79. The maximum absolute atomic E-state index is 11.0. The number of ether oxygens (including phenoxy) is 1. The number of aromatic nitrogens is 1. The molecule has 1 N–H and O–H groups in total. The summed E-state index contributed by atoms with van der Waals surface area (Å²) in [5.74, 6) is 0.0978. The minimum Gasteiger partial charge on any atom is -0.493 e. The van der Waals surface area contributed by atoms with E-state index in [0.717, 1.165) is 28.1 Å². The second-order valence-electron chi connectivity index (χ2n) is 8.53. The molecule has 0 radical (unpaired) electrons. The first-order chi connectivity index (χ1) is 11.9. The second kappa shape index (κ2) is 7.39. The minimum atomic E-state index is -0.858. The minimum absolute atomic E-state index is 0.0417. The van der Waals surface area contributed by atoms with Gasteiger partial charge in [0, 0.05) is 22.1 Å². The second-order valence-corrected chi connectivity index (χ2v) is 9.47. The standard InChI is InChI=1S/C21H29NO3S/c1-8-25-19-14(20(2,3)4)9-13(10-15(19)21(5,6)7)16-12-26-17(22-16)11-18(23)24/h9-10,12H,8,11H2,1-7H3,(H,23,24). The summed E-state index contributed by atoms with van der Waals surface area (Å²) < 4.78 is 6.07. The van der Waals surface area contributed by atoms with E-state index >= 15 is 0 Å². The summed E-state index contributed by atoms with van der Waals surface area (Å²) >= 11 is 1.39. The van der Waals surface area contributed by atoms with Crippen molar-refractivity contribution in [1.82, 2.24) is 4.98 Å². The van der Waals surface area contributed by atoms with Gasteiger partial charge in [0.1, 0.15) is 10.8 Å². The van der Waals surface area contributed by atoms with Crippen LogP contribution in [0.4, 0.5) is 0 Å². The summed E-state index contributed by atoms with van der Waals surface area (Å²) in [4.78, 5) is 15.5. The topological polar surface area (TPSA) is 59.4 Å². The van der Waals surface area contributed by atoms with Crippen molar-refractivity contribution < 1.29 is 14.6 Å². The van der Waals surface area contributed by atoms with Gasteiger partial charge in [0.25, 0.3) is 0 Å². The lowest BCUT2D eigenvalue weighted by molar-refractivity contribution is -0.136. The number of thiazole rings is 1. The Balaban J connectivity index is 2.68. The highest BCUT2D eigenvalue weighted by atomic mass is 32.1. The first-order valence-electron chi connectivity index (χ1n) is 8.92. The quantitative estimate of drug-likeness (QED) is 0.757. The zero-order valence-corrected chi connectivity index (χ0v) is 17.6. The highest BCUT2D eigenvalue weighted by molar-refractivity contribution is 7.10. The van der Waals surface area contributed by atoms with Crippen LogP contribution in [-0.4, -0.2) is 22.7 Å². The van der Waals surface area contributed by atoms with Crippen LogP contribution >= 0.6 is 11.3 Å². The van der Waals surface area contributed by atoms with Crippen LogP contribution in [0.25, 0.3) is 11.3 Å². The molecule has 142 valence electrons. The smallest absolute Gasteiger partial charge is 0.310 e. The zero-order chi connectivity index (χ0) is 19.7. The van der Waals surface area contributed by atoms with Gasteiger partial charge in [-0.15, -0.1) is 11.3 Å². The molecule has 0 fully saturated rings. The molecule has 2 rings (SSSR count). The van der Waals surface area contributed by atoms with Gasteiger partial charge in [0.05, 0.1) is 18.7 Å². The van der Waals surface area contributed by atoms with Crippen LogP contribution in [0, 0.1) is 0 Å². The summed E-state index contributed by atoms with van der Waals surface area (Å²) in [5.41, 5.74) is 3.96. The van der Waals surface area contributed by atoms with Crippen LogP contribution in [0.3, 0.4) is 0 Å². The van der Waals surface area contributed by atoms with Crippen LogP contribution in [0.5, 0.6) is 5.75 Å². The van der Waals surface area contributed by atoms with E-state index in [9.17, 15) is 4.79 Å². The number of carboxylic acid groups (broad SMARTS) is 1. The molecule has 0 bridgehead atoms. The van der Waals surface area contributed by atoms with Gasteiger partial charge in [0.15, 0.2) is 0 Å². The Morgan fingerprint density at radius 3 is 2.08 bits per heavy atom. The third-order valence-corrected chi connectivity index (χ3v) is 4.99. The van der Waals surface area contributed by atoms with E-state index in [1.807, 2.05) is 12.3 Å². The van der Waals surface area contributed by atoms with Crippen molar-refractivity contribution in [3.05, 3.63) is 33.6 Å². The third kappa shape index (κ3) is 4.64. The van der Waals surface area contributed by atoms with Crippen molar-refractivity contribution in [2.45, 2.75) is 65.7 Å². The van der Waals surface area contributed by atoms with Crippen molar-refractivity contribution in [3.8, 4) is 17.0 Å². The Hall–Kier alpha value is -1.88. The maximum atomic E-state index is 11.0. The largest absolute Gasteiger partial charge is 0.493 e. The van der Waals surface area contributed by atoms with E-state index in [4.69, 9.17) is 9.84 Å². The van der Waals surface area contributed by atoms with Crippen molar-refractivity contribution in [1.29, 1.82) is 0 Å². The molecule has 0 saturated heterocycles. The van der Waals surface area contributed by atoms with Gasteiger partial charge in [-0.25, -0.2) is 4.98 Å². The molecule has 26 heavy (non-hydrogen) atoms. The summed E-state index contributed by atoms with van der Waals surface area (Å²) in [6.07, 6.45) is -0.0417. The van der Waals surface area contributed by atoms with Gasteiger partial charge in [-0.3, -0.25) is 4.79 Å². The predicted molar refractivity (Wildman–Crippen MR) is 107 cm³/mol. The van der Waals surface area contributed by atoms with Gasteiger partial charge in [0.2, 0.25) is 0 Å². The molecule has 0 unspecified atom stereocenters. The fraction of sp³-hybridized carbons (Fsp3) is 0.524. The van der Waals surface area contributed by atoms with Gasteiger partial charge < -0.3 is 9.84 Å². The Labute approximate surface area is 160 Å². The number of carboxylic acids is 1. The number of hydrogen-bond donors (Lipinski definition) is 1. The molecule has 1 heterocycles. The molecular weight excluding hydrogens is 346 g/mol. The number of carbonyl (C=O) groups is 1. The van der Waals surface area contributed by atoms with E-state index < -0.39 is 5.97 Å². The summed E-state index contributed by atoms with van der Waals surface area (Å²) in [7, 11) is 0. The van der Waals surface area contributed by atoms with Crippen molar-refractivity contribution in [2.24, 2.45) is 0 Å². The molecule has 1 aromatic heterocycles. The van der Waals surface area contributed by atoms with E-state index in [0.29, 0.717) is 11.6 Å². The Kier molecular flexibility index (Phi) is 5.81. The fourth-order valence-corrected chi connectivity index (χ4v) is 3.64. The molecule has 0 spiro atoms. The van der Waals surface area contributed by atoms with Crippen LogP contribution in [0.15, 0.2) is 17.5 Å². The lowest BCUT2D eigenvalue weighted by atomic mass is 9.78. The molecule has 0 aliphatic heterocycles. The molecule has 0 aliphatic rings. The van der Waals surface area contributed by atoms with E-state index in [1.54, 1.807) is 0 Å². The average Bonchev–Trinajstić information content (AvgIpc) is 2.93. The zero-order valence-electron chi connectivity index (χ0n) is 16.8. The van der Waals surface area contributed by atoms with E-state index in [1.165, 1.54) is 11.3 Å². The van der Waals surface area contributed by atoms with Crippen molar-refractivity contribution in [3.63, 3.8) is 0 Å². The predicted octanol–water partition coefficient (Wildman–Crippen LogP) is 5.43. The third-order valence-electron chi connectivity index (χ3n) is 4.14. The Morgan fingerprint density at radius 1 is 1.12 bits per heavy atom. The lowest BCUT2D eigenvalue weighted by Gasteiger charge is -2.30. The van der Waals surface area contributed by atoms with E-state index in [2.05, 4.69) is 58.7 Å². The normalized spacial score (nSPS) is 12.3. The van der Waals surface area contributed by atoms with Crippen molar-refractivity contribution in [2.75, 3.05) is 6.61 Å². The molecule has 5 heteroatoms. The molecule has 4 nitrogen and oxygen atoms in total. The highest BCUT2D eigenvalue weighted by Gasteiger charge is 2.28. The Bertz CT molecular complexity index is 759. The number of hydrogen-bond acceptors (Lipinski definition) is 4. The summed E-state index contributed by atoms with van der Waals surface area (Å²) in [5, 5.41) is 11.6. The molecule has 0 amide bonds. The summed E-state index contributed by atoms with van der Waals surface area (Å²) in [6, 6.07) is 4.28. The number of aliphatic carboxylic acids is 1. The fourth-order valence-electron chi connectivity index (χ4n) is 2.84. The van der Waals surface area contributed by atoms with Gasteiger partial charge in [-0.1, -0.05) is 41.5 Å². The molecule has 0 saturated carbocycles. The van der Waals surface area contributed by atoms with Crippen molar-refractivity contribution >= 4 is 17.3 Å². The molecule has 1 aromatic carbocycles. The van der Waals surface area contributed by atoms with Crippen LogP contribution in [0.2, 0.25) is 0 Å². The van der Waals surface area contributed by atoms with Crippen LogP contribution in [0.1, 0.15) is 64.6 Å². The Morgan fingerprint density at radius 2 is 1.65 bits per heavy atom. The number of rotatable bonds is 5. The monoisotopic (exact) mass is 375 g/mol. The molecule has 0 atom stereocenters. The SMILES string of the molecule is CCOc1c(C(C)(C)C)cc(-c2csc(CC(=O)O)n2)cc1C(C)(C)C. The molecule has 2 aromatic rings. The number of benzene rings is 1. The van der Waals surface area contributed by atoms with E-state index in [-0.39, 0.29) is 17.3 Å². The van der Waals surface area contributed by atoms with Crippen LogP contribution < -0.4 is 4.74 Å². The highest BCUT2D eigenvalue weighted by Crippen LogP contribution is 2.42. The average molecular weight is 376 g/mol. The first kappa shape index (κ1) is 20.4.